The first-order valence-corrected chi connectivity index (χ1v) is 11.4. The molecule has 0 aliphatic carbocycles. The number of halogens is 3. The van der Waals surface area contributed by atoms with Gasteiger partial charge in [-0.25, -0.2) is 12.8 Å². The second-order valence-electron chi connectivity index (χ2n) is 6.20. The van der Waals surface area contributed by atoms with Gasteiger partial charge < -0.3 is 10.3 Å². The fourth-order valence-electron chi connectivity index (χ4n) is 2.78. The number of amides is 1. The lowest BCUT2D eigenvalue weighted by Crippen LogP contribution is -2.18. The Kier molecular flexibility index (Phi) is 5.46. The summed E-state index contributed by atoms with van der Waals surface area (Å²) >= 11 is 13.2. The first kappa shape index (κ1) is 20.7. The van der Waals surface area contributed by atoms with Gasteiger partial charge in [0.05, 0.1) is 15.7 Å². The Morgan fingerprint density at radius 1 is 1.03 bits per heavy atom. The van der Waals surface area contributed by atoms with Gasteiger partial charge in [-0.05, 0) is 42.5 Å². The van der Waals surface area contributed by atoms with Crippen molar-refractivity contribution in [2.75, 3.05) is 10.0 Å². The number of carbonyl (C=O) groups excluding carboxylic acids is 1. The molecule has 4 rings (SSSR count). The molecule has 11 heteroatoms. The molecule has 0 saturated carbocycles. The summed E-state index contributed by atoms with van der Waals surface area (Å²) in [5.41, 5.74) is 0.409. The molecule has 6 nitrogen and oxygen atoms in total. The normalized spacial score (nSPS) is 11.6. The van der Waals surface area contributed by atoms with Crippen LogP contribution >= 0.6 is 34.5 Å². The van der Waals surface area contributed by atoms with Crippen molar-refractivity contribution >= 4 is 72.1 Å². The highest BCUT2D eigenvalue weighted by atomic mass is 35.5. The lowest BCUT2D eigenvalue weighted by molar-refractivity contribution is 0.102. The summed E-state index contributed by atoms with van der Waals surface area (Å²) in [6, 6.07) is 12.5. The fourth-order valence-corrected chi connectivity index (χ4v) is 5.23. The second kappa shape index (κ2) is 7.92. The number of fused-ring (bicyclic) bond motifs is 1. The Bertz CT molecular complexity index is 1350. The highest BCUT2D eigenvalue weighted by molar-refractivity contribution is 7.92. The molecule has 2 aromatic carbocycles. The van der Waals surface area contributed by atoms with E-state index in [2.05, 4.69) is 15.0 Å². The number of aromatic amines is 1. The molecule has 0 fully saturated rings. The fraction of sp³-hybridized carbons (Fsp3) is 0. The maximum atomic E-state index is 14.0. The zero-order valence-electron chi connectivity index (χ0n) is 14.9. The maximum Gasteiger partial charge on any atom is 0.272 e. The summed E-state index contributed by atoms with van der Waals surface area (Å²) in [4.78, 5) is 15.8. The van der Waals surface area contributed by atoms with Crippen molar-refractivity contribution in [1.29, 1.82) is 0 Å². The van der Waals surface area contributed by atoms with Crippen LogP contribution in [0.15, 0.2) is 59.5 Å². The average Bonchev–Trinajstić information content (AvgIpc) is 3.21. The molecule has 154 valence electrons. The van der Waals surface area contributed by atoms with E-state index in [0.29, 0.717) is 4.34 Å². The first-order chi connectivity index (χ1) is 14.2. The smallest absolute Gasteiger partial charge is 0.272 e. The van der Waals surface area contributed by atoms with E-state index in [1.807, 2.05) is 0 Å². The molecule has 1 amide bonds. The minimum Gasteiger partial charge on any atom is -0.342 e. The third-order valence-corrected chi connectivity index (χ3v) is 6.95. The highest BCUT2D eigenvalue weighted by Gasteiger charge is 2.21. The molecular formula is C19H12Cl2FN3O3S2. The third-order valence-electron chi connectivity index (χ3n) is 4.12. The number of hydrogen-bond acceptors (Lipinski definition) is 4. The molecule has 2 heterocycles. The van der Waals surface area contributed by atoms with Gasteiger partial charge in [-0.1, -0.05) is 35.3 Å². The van der Waals surface area contributed by atoms with Crippen LogP contribution in [0.5, 0.6) is 0 Å². The summed E-state index contributed by atoms with van der Waals surface area (Å²) in [5, 5.41) is 3.67. The molecule has 4 aromatic rings. The van der Waals surface area contributed by atoms with Crippen molar-refractivity contribution < 1.29 is 17.6 Å². The van der Waals surface area contributed by atoms with Gasteiger partial charge in [0.15, 0.2) is 0 Å². The Labute approximate surface area is 184 Å². The van der Waals surface area contributed by atoms with Gasteiger partial charge in [0, 0.05) is 10.4 Å². The minimum absolute atomic E-state index is 0.0346. The third kappa shape index (κ3) is 4.15. The number of hydrogen-bond donors (Lipinski definition) is 3. The lowest BCUT2D eigenvalue weighted by atomic mass is 10.2. The van der Waals surface area contributed by atoms with Crippen molar-refractivity contribution in [3.63, 3.8) is 0 Å². The number of benzene rings is 2. The first-order valence-electron chi connectivity index (χ1n) is 8.39. The van der Waals surface area contributed by atoms with E-state index in [9.17, 15) is 17.6 Å². The minimum atomic E-state index is -4.24. The molecule has 0 aliphatic heterocycles. The van der Waals surface area contributed by atoms with Crippen molar-refractivity contribution in [3.8, 4) is 0 Å². The molecule has 2 aromatic heterocycles. The Hall–Kier alpha value is -2.59. The van der Waals surface area contributed by atoms with Gasteiger partial charge in [0.1, 0.15) is 21.2 Å². The molecule has 0 radical (unpaired) electrons. The van der Waals surface area contributed by atoms with Crippen LogP contribution < -0.4 is 10.0 Å². The number of nitrogens with one attached hydrogen (secondary N) is 3. The average molecular weight is 484 g/mol. The number of aromatic nitrogens is 1. The number of carbonyl (C=O) groups is 1. The summed E-state index contributed by atoms with van der Waals surface area (Å²) in [6.07, 6.45) is 0. The van der Waals surface area contributed by atoms with Crippen LogP contribution in [0.2, 0.25) is 9.36 Å². The number of H-pyrrole nitrogens is 1. The van der Waals surface area contributed by atoms with Crippen LogP contribution in [0.3, 0.4) is 0 Å². The summed E-state index contributed by atoms with van der Waals surface area (Å²) in [7, 11) is -4.24. The topological polar surface area (TPSA) is 91.1 Å². The largest absolute Gasteiger partial charge is 0.342 e. The van der Waals surface area contributed by atoms with E-state index < -0.39 is 26.6 Å². The van der Waals surface area contributed by atoms with Crippen LogP contribution in [-0.2, 0) is 10.0 Å². The van der Waals surface area contributed by atoms with Gasteiger partial charge in [0.2, 0.25) is 0 Å². The van der Waals surface area contributed by atoms with Gasteiger partial charge in [-0.2, -0.15) is 0 Å². The van der Waals surface area contributed by atoms with E-state index in [0.717, 1.165) is 22.3 Å². The molecular weight excluding hydrogens is 472 g/mol. The Morgan fingerprint density at radius 2 is 1.80 bits per heavy atom. The van der Waals surface area contributed by atoms with E-state index in [1.165, 1.54) is 41.7 Å². The van der Waals surface area contributed by atoms with E-state index in [4.69, 9.17) is 23.2 Å². The van der Waals surface area contributed by atoms with E-state index in [1.54, 1.807) is 12.1 Å². The Balaban J connectivity index is 1.64. The summed E-state index contributed by atoms with van der Waals surface area (Å²) in [5.74, 6) is -1.40. The summed E-state index contributed by atoms with van der Waals surface area (Å²) < 4.78 is 42.1. The van der Waals surface area contributed by atoms with Crippen molar-refractivity contribution in [3.05, 3.63) is 75.5 Å². The quantitative estimate of drug-likeness (QED) is 0.338. The van der Waals surface area contributed by atoms with Crippen LogP contribution in [-0.4, -0.2) is 19.3 Å². The van der Waals surface area contributed by atoms with Crippen LogP contribution in [0.1, 0.15) is 10.5 Å². The standard InChI is InChI=1S/C19H12Cl2FN3O3S2/c20-11-5-6-13(25-30(27,28)16-4-2-1-3-12(16)22)14(9-11)23-18(26)15-7-10-8-17(21)29-19(10)24-15/h1-9,24-25H,(H,23,26). The van der Waals surface area contributed by atoms with Crippen molar-refractivity contribution in [2.24, 2.45) is 0 Å². The van der Waals surface area contributed by atoms with Crippen LogP contribution in [0.25, 0.3) is 10.2 Å². The van der Waals surface area contributed by atoms with Gasteiger partial charge in [-0.15, -0.1) is 11.3 Å². The Morgan fingerprint density at radius 3 is 2.53 bits per heavy atom. The molecule has 0 bridgehead atoms. The number of sulfonamides is 1. The SMILES string of the molecule is O=C(Nc1cc(Cl)ccc1NS(=O)(=O)c1ccccc1F)c1cc2cc(Cl)sc2[nH]1. The zero-order valence-corrected chi connectivity index (χ0v) is 18.0. The van der Waals surface area contributed by atoms with Gasteiger partial charge in [-0.3, -0.25) is 9.52 Å². The predicted molar refractivity (Wildman–Crippen MR) is 118 cm³/mol. The molecule has 0 unspecified atom stereocenters. The number of anilines is 2. The van der Waals surface area contributed by atoms with Gasteiger partial charge >= 0.3 is 0 Å². The number of thiophene rings is 1. The highest BCUT2D eigenvalue weighted by Crippen LogP contribution is 2.31. The van der Waals surface area contributed by atoms with Crippen LogP contribution in [0, 0.1) is 5.82 Å². The van der Waals surface area contributed by atoms with Crippen molar-refractivity contribution in [1.82, 2.24) is 4.98 Å². The van der Waals surface area contributed by atoms with E-state index in [-0.39, 0.29) is 22.1 Å². The maximum absolute atomic E-state index is 14.0. The molecule has 0 atom stereocenters. The predicted octanol–water partition coefficient (Wildman–Crippen LogP) is 5.73. The molecule has 30 heavy (non-hydrogen) atoms. The monoisotopic (exact) mass is 483 g/mol. The van der Waals surface area contributed by atoms with Gasteiger partial charge in [0.25, 0.3) is 15.9 Å². The molecule has 0 spiro atoms. The lowest BCUT2D eigenvalue weighted by Gasteiger charge is -2.14. The van der Waals surface area contributed by atoms with Crippen LogP contribution in [0.4, 0.5) is 15.8 Å². The second-order valence-corrected chi connectivity index (χ2v) is 9.97. The zero-order chi connectivity index (χ0) is 21.5. The van der Waals surface area contributed by atoms with E-state index >= 15 is 0 Å². The molecule has 0 aliphatic rings. The number of rotatable bonds is 5. The molecule has 0 saturated heterocycles. The molecule has 3 N–H and O–H groups in total. The van der Waals surface area contributed by atoms with Crippen molar-refractivity contribution in [2.45, 2.75) is 4.90 Å². The summed E-state index contributed by atoms with van der Waals surface area (Å²) in [6.45, 7) is 0.